The minimum Gasteiger partial charge on any atom is -0.456 e. The van der Waals surface area contributed by atoms with E-state index in [4.69, 9.17) is 4.74 Å². The smallest absolute Gasteiger partial charge is 0.179 e. The van der Waals surface area contributed by atoms with Crippen LogP contribution in [0.15, 0.2) is 146 Å². The van der Waals surface area contributed by atoms with Crippen molar-refractivity contribution in [1.82, 2.24) is 4.57 Å². The minimum absolute atomic E-state index is 0.638. The first-order valence-electron chi connectivity index (χ1n) is 14.1. The molecule has 0 aliphatic carbocycles. The lowest BCUT2D eigenvalue weighted by Crippen LogP contribution is -2.31. The summed E-state index contributed by atoms with van der Waals surface area (Å²) in [5.74, 6) is 1.29. The highest BCUT2D eigenvalue weighted by molar-refractivity contribution is 7.86. The maximum Gasteiger partial charge on any atom is 0.179 e. The van der Waals surface area contributed by atoms with Crippen LogP contribution in [-0.4, -0.2) is 4.57 Å². The van der Waals surface area contributed by atoms with Crippen LogP contribution in [-0.2, 0) is 4.57 Å². The van der Waals surface area contributed by atoms with E-state index in [0.29, 0.717) is 11.5 Å². The van der Waals surface area contributed by atoms with Crippen LogP contribution in [0.25, 0.3) is 49.0 Å². The Kier molecular flexibility index (Phi) is 4.88. The summed E-state index contributed by atoms with van der Waals surface area (Å²) >= 11 is 0. The molecule has 1 atom stereocenters. The summed E-state index contributed by atoms with van der Waals surface area (Å²) in [5.41, 5.74) is 3.18. The molecule has 9 rings (SSSR count). The molecule has 0 bridgehead atoms. The van der Waals surface area contributed by atoms with Crippen molar-refractivity contribution in [3.8, 4) is 17.2 Å². The van der Waals surface area contributed by atoms with E-state index in [1.54, 1.807) is 0 Å². The molecular formula is C38H24NO2P. The fourth-order valence-electron chi connectivity index (χ4n) is 6.78. The van der Waals surface area contributed by atoms with E-state index in [-0.39, 0.29) is 0 Å². The normalized spacial score (nSPS) is 16.0. The van der Waals surface area contributed by atoms with Gasteiger partial charge < -0.3 is 13.9 Å². The Morgan fingerprint density at radius 3 is 1.79 bits per heavy atom. The molecule has 1 aromatic heterocycles. The molecule has 198 valence electrons. The number of fused-ring (bicyclic) bond motifs is 8. The standard InChI is InChI=1S/C38H24NO2P/c40-42(37-23-25-11-1-2-12-27(25)28-13-3-4-16-31(28)37)36-20-10-9-19-34(36)41-35-22-21-26(24-38(35)42)39-32-17-7-5-14-29(32)30-15-6-8-18-33(30)39/h1-24H. The van der Waals surface area contributed by atoms with Crippen LogP contribution in [0.5, 0.6) is 11.5 Å². The van der Waals surface area contributed by atoms with Crippen LogP contribution in [0.2, 0.25) is 0 Å². The number of para-hydroxylation sites is 3. The third-order valence-electron chi connectivity index (χ3n) is 8.63. The summed E-state index contributed by atoms with van der Waals surface area (Å²) in [7, 11) is -3.38. The lowest BCUT2D eigenvalue weighted by atomic mass is 10.0. The van der Waals surface area contributed by atoms with Crippen LogP contribution < -0.4 is 20.7 Å². The summed E-state index contributed by atoms with van der Waals surface area (Å²) in [5, 5.41) is 9.02. The Balaban J connectivity index is 1.40. The summed E-state index contributed by atoms with van der Waals surface area (Å²) in [6.45, 7) is 0. The first-order valence-corrected chi connectivity index (χ1v) is 15.8. The maximum atomic E-state index is 16.1. The molecule has 0 amide bonds. The predicted molar refractivity (Wildman–Crippen MR) is 175 cm³/mol. The van der Waals surface area contributed by atoms with E-state index in [1.807, 2.05) is 42.5 Å². The third-order valence-corrected chi connectivity index (χ3v) is 11.8. The van der Waals surface area contributed by atoms with Crippen molar-refractivity contribution >= 4 is 66.4 Å². The monoisotopic (exact) mass is 557 g/mol. The van der Waals surface area contributed by atoms with Gasteiger partial charge in [-0.15, -0.1) is 0 Å². The number of ether oxygens (including phenoxy) is 1. The molecule has 2 heterocycles. The van der Waals surface area contributed by atoms with Gasteiger partial charge in [-0.3, -0.25) is 0 Å². The van der Waals surface area contributed by atoms with Gasteiger partial charge in [0.25, 0.3) is 0 Å². The minimum atomic E-state index is -3.38. The van der Waals surface area contributed by atoms with Crippen LogP contribution in [0.3, 0.4) is 0 Å². The predicted octanol–water partition coefficient (Wildman–Crippen LogP) is 8.84. The van der Waals surface area contributed by atoms with E-state index < -0.39 is 7.14 Å². The summed E-state index contributed by atoms with van der Waals surface area (Å²) in [6.07, 6.45) is 0. The molecule has 1 aliphatic heterocycles. The van der Waals surface area contributed by atoms with Gasteiger partial charge >= 0.3 is 0 Å². The number of hydrogen-bond donors (Lipinski definition) is 0. The van der Waals surface area contributed by atoms with E-state index in [2.05, 4.69) is 108 Å². The number of aromatic nitrogens is 1. The second-order valence-corrected chi connectivity index (χ2v) is 13.5. The highest BCUT2D eigenvalue weighted by Crippen LogP contribution is 2.53. The molecular weight excluding hydrogens is 533 g/mol. The fourth-order valence-corrected chi connectivity index (χ4v) is 9.89. The van der Waals surface area contributed by atoms with Crippen molar-refractivity contribution in [1.29, 1.82) is 0 Å². The van der Waals surface area contributed by atoms with Crippen LogP contribution in [0, 0.1) is 0 Å². The zero-order valence-corrected chi connectivity index (χ0v) is 23.5. The van der Waals surface area contributed by atoms with Crippen molar-refractivity contribution in [2.45, 2.75) is 0 Å². The lowest BCUT2D eigenvalue weighted by Gasteiger charge is -2.30. The van der Waals surface area contributed by atoms with E-state index in [0.717, 1.165) is 54.2 Å². The molecule has 0 spiro atoms. The molecule has 0 saturated heterocycles. The molecule has 0 saturated carbocycles. The average molecular weight is 558 g/mol. The second-order valence-electron chi connectivity index (χ2n) is 10.9. The van der Waals surface area contributed by atoms with Gasteiger partial charge in [0.15, 0.2) is 7.14 Å². The van der Waals surface area contributed by atoms with E-state index >= 15 is 4.57 Å². The fraction of sp³-hybridized carbons (Fsp3) is 0. The van der Waals surface area contributed by atoms with Crippen LogP contribution in [0.4, 0.5) is 0 Å². The Hall–Kier alpha value is -5.11. The quantitative estimate of drug-likeness (QED) is 0.157. The van der Waals surface area contributed by atoms with Crippen molar-refractivity contribution in [3.63, 3.8) is 0 Å². The van der Waals surface area contributed by atoms with Gasteiger partial charge in [-0.1, -0.05) is 97.1 Å². The molecule has 4 heteroatoms. The van der Waals surface area contributed by atoms with Gasteiger partial charge in [-0.25, -0.2) is 0 Å². The topological polar surface area (TPSA) is 31.2 Å². The SMILES string of the molecule is O=P1(c2cc3ccccc3c3ccccc23)c2ccccc2Oc2ccc(-n3c4ccccc4c4ccccc43)cc21. The summed E-state index contributed by atoms with van der Waals surface area (Å²) in [6, 6.07) is 49.7. The van der Waals surface area contributed by atoms with Crippen molar-refractivity contribution < 1.29 is 9.30 Å². The molecule has 8 aromatic rings. The molecule has 42 heavy (non-hydrogen) atoms. The first-order chi connectivity index (χ1) is 20.7. The highest BCUT2D eigenvalue weighted by atomic mass is 31.2. The van der Waals surface area contributed by atoms with Gasteiger partial charge in [0.05, 0.1) is 21.6 Å². The zero-order chi connectivity index (χ0) is 27.8. The number of rotatable bonds is 2. The summed E-state index contributed by atoms with van der Waals surface area (Å²) in [4.78, 5) is 0. The maximum absolute atomic E-state index is 16.1. The second kappa shape index (κ2) is 8.69. The van der Waals surface area contributed by atoms with Gasteiger partial charge in [-0.2, -0.15) is 0 Å². The molecule has 0 N–H and O–H groups in total. The van der Waals surface area contributed by atoms with Crippen LogP contribution >= 0.6 is 7.14 Å². The van der Waals surface area contributed by atoms with Crippen molar-refractivity contribution in [2.24, 2.45) is 0 Å². The Bertz CT molecular complexity index is 2380. The van der Waals surface area contributed by atoms with Gasteiger partial charge in [0, 0.05) is 21.8 Å². The average Bonchev–Trinajstić information content (AvgIpc) is 3.39. The molecule has 0 radical (unpaired) electrons. The highest BCUT2D eigenvalue weighted by Gasteiger charge is 2.40. The molecule has 3 nitrogen and oxygen atoms in total. The van der Waals surface area contributed by atoms with Gasteiger partial charge in [-0.05, 0) is 70.1 Å². The zero-order valence-electron chi connectivity index (χ0n) is 22.6. The molecule has 7 aromatic carbocycles. The van der Waals surface area contributed by atoms with Gasteiger partial charge in [0.1, 0.15) is 11.5 Å². The summed E-state index contributed by atoms with van der Waals surface area (Å²) < 4.78 is 24.8. The van der Waals surface area contributed by atoms with E-state index in [9.17, 15) is 0 Å². The first kappa shape index (κ1) is 23.6. The Morgan fingerprint density at radius 1 is 0.452 bits per heavy atom. The largest absolute Gasteiger partial charge is 0.456 e. The number of hydrogen-bond acceptors (Lipinski definition) is 2. The molecule has 1 aliphatic rings. The Morgan fingerprint density at radius 2 is 1.02 bits per heavy atom. The lowest BCUT2D eigenvalue weighted by molar-refractivity contribution is 0.485. The van der Waals surface area contributed by atoms with Gasteiger partial charge in [0.2, 0.25) is 0 Å². The Labute approximate surface area is 242 Å². The van der Waals surface area contributed by atoms with Crippen molar-refractivity contribution in [2.75, 3.05) is 0 Å². The number of nitrogens with zero attached hydrogens (tertiary/aromatic N) is 1. The third kappa shape index (κ3) is 3.14. The van der Waals surface area contributed by atoms with E-state index in [1.165, 1.54) is 10.8 Å². The molecule has 1 unspecified atom stereocenters. The molecule has 0 fully saturated rings. The van der Waals surface area contributed by atoms with Crippen molar-refractivity contribution in [3.05, 3.63) is 146 Å². The number of benzene rings is 7. The van der Waals surface area contributed by atoms with Crippen LogP contribution in [0.1, 0.15) is 0 Å².